The normalized spacial score (nSPS) is 23.6. The van der Waals surface area contributed by atoms with Crippen LogP contribution in [0.3, 0.4) is 0 Å². The van der Waals surface area contributed by atoms with Crippen LogP contribution < -0.4 is 5.32 Å². The summed E-state index contributed by atoms with van der Waals surface area (Å²) < 4.78 is 13.1. The number of carbonyl (C=O) groups is 1. The third-order valence-electron chi connectivity index (χ3n) is 4.18. The molecule has 0 saturated carbocycles. The van der Waals surface area contributed by atoms with Crippen LogP contribution in [0.5, 0.6) is 0 Å². The Morgan fingerprint density at radius 1 is 1.44 bits per heavy atom. The van der Waals surface area contributed by atoms with Crippen LogP contribution >= 0.6 is 0 Å². The molecule has 0 radical (unpaired) electrons. The first kappa shape index (κ1) is 13.2. The summed E-state index contributed by atoms with van der Waals surface area (Å²) >= 11 is 0. The van der Waals surface area contributed by atoms with Crippen molar-refractivity contribution in [3.05, 3.63) is 35.1 Å². The molecule has 1 unspecified atom stereocenters. The Kier molecular flexibility index (Phi) is 3.53. The molecule has 0 spiro atoms. The van der Waals surface area contributed by atoms with Crippen molar-refractivity contribution >= 4 is 5.78 Å². The van der Waals surface area contributed by atoms with Gasteiger partial charge in [0.2, 0.25) is 0 Å². The van der Waals surface area contributed by atoms with Crippen molar-refractivity contribution in [2.45, 2.75) is 27.2 Å². The topological polar surface area (TPSA) is 29.1 Å². The first-order valence-corrected chi connectivity index (χ1v) is 6.49. The van der Waals surface area contributed by atoms with Crippen LogP contribution in [0.15, 0.2) is 18.2 Å². The summed E-state index contributed by atoms with van der Waals surface area (Å²) in [4.78, 5) is 12.8. The second kappa shape index (κ2) is 4.81. The van der Waals surface area contributed by atoms with E-state index >= 15 is 0 Å². The Balaban J connectivity index is 2.40. The summed E-state index contributed by atoms with van der Waals surface area (Å²) in [5.74, 6) is 0.150. The lowest BCUT2D eigenvalue weighted by molar-refractivity contribution is 0.0739. The number of rotatable bonds is 3. The molecule has 98 valence electrons. The number of nitrogens with one attached hydrogen (secondary N) is 1. The molecule has 2 nitrogen and oxygen atoms in total. The molecular weight excluding hydrogens is 229 g/mol. The number of halogens is 1. The number of hydrogen-bond donors (Lipinski definition) is 1. The fraction of sp³-hybridized carbons (Fsp3) is 0.533. The Morgan fingerprint density at radius 3 is 2.67 bits per heavy atom. The Hall–Kier alpha value is -1.22. The molecule has 0 bridgehead atoms. The van der Waals surface area contributed by atoms with E-state index in [-0.39, 0.29) is 22.9 Å². The van der Waals surface area contributed by atoms with Gasteiger partial charge in [-0.2, -0.15) is 0 Å². The zero-order valence-corrected chi connectivity index (χ0v) is 11.2. The lowest BCUT2D eigenvalue weighted by Gasteiger charge is -2.31. The van der Waals surface area contributed by atoms with E-state index in [9.17, 15) is 9.18 Å². The lowest BCUT2D eigenvalue weighted by atomic mass is 9.70. The van der Waals surface area contributed by atoms with Crippen molar-refractivity contribution in [3.8, 4) is 0 Å². The number of hydrogen-bond acceptors (Lipinski definition) is 2. The number of Topliss-reactive ketones (excluding diaryl/α,β-unsaturated/α-hetero) is 1. The van der Waals surface area contributed by atoms with E-state index < -0.39 is 0 Å². The first-order valence-electron chi connectivity index (χ1n) is 6.49. The van der Waals surface area contributed by atoms with E-state index in [1.807, 2.05) is 0 Å². The van der Waals surface area contributed by atoms with Gasteiger partial charge in [-0.05, 0) is 49.6 Å². The standard InChI is InChI=1S/C15H20FNO/c1-10(2)15(6-7-17-9-15)14(18)13-5-4-12(16)8-11(13)3/h4-5,8,10,17H,6-7,9H2,1-3H3. The van der Waals surface area contributed by atoms with Gasteiger partial charge in [0.05, 0.1) is 0 Å². The minimum absolute atomic E-state index is 0.153. The molecule has 1 atom stereocenters. The van der Waals surface area contributed by atoms with Crippen molar-refractivity contribution in [2.24, 2.45) is 11.3 Å². The van der Waals surface area contributed by atoms with Gasteiger partial charge in [0.1, 0.15) is 5.82 Å². The predicted molar refractivity (Wildman–Crippen MR) is 70.2 cm³/mol. The minimum Gasteiger partial charge on any atom is -0.316 e. The maximum atomic E-state index is 13.1. The van der Waals surface area contributed by atoms with Gasteiger partial charge in [-0.1, -0.05) is 13.8 Å². The maximum Gasteiger partial charge on any atom is 0.170 e. The monoisotopic (exact) mass is 249 g/mol. The summed E-state index contributed by atoms with van der Waals surface area (Å²) in [7, 11) is 0. The smallest absolute Gasteiger partial charge is 0.170 e. The molecule has 18 heavy (non-hydrogen) atoms. The van der Waals surface area contributed by atoms with Crippen LogP contribution in [0.4, 0.5) is 4.39 Å². The number of carbonyl (C=O) groups excluding carboxylic acids is 1. The van der Waals surface area contributed by atoms with Gasteiger partial charge >= 0.3 is 0 Å². The highest BCUT2D eigenvalue weighted by molar-refractivity contribution is 6.02. The van der Waals surface area contributed by atoms with E-state index in [4.69, 9.17) is 0 Å². The SMILES string of the molecule is Cc1cc(F)ccc1C(=O)C1(C(C)C)CCNC1. The van der Waals surface area contributed by atoms with Crippen LogP contribution in [-0.4, -0.2) is 18.9 Å². The van der Waals surface area contributed by atoms with Crippen molar-refractivity contribution in [2.75, 3.05) is 13.1 Å². The van der Waals surface area contributed by atoms with Crippen LogP contribution in [0, 0.1) is 24.1 Å². The van der Waals surface area contributed by atoms with Gasteiger partial charge in [-0.25, -0.2) is 4.39 Å². The predicted octanol–water partition coefficient (Wildman–Crippen LogP) is 2.95. The molecule has 0 amide bonds. The van der Waals surface area contributed by atoms with E-state index in [0.29, 0.717) is 5.56 Å². The molecule has 1 aromatic carbocycles. The quantitative estimate of drug-likeness (QED) is 0.834. The first-order chi connectivity index (χ1) is 8.47. The molecule has 1 aliphatic rings. The highest BCUT2D eigenvalue weighted by Gasteiger charge is 2.44. The Morgan fingerprint density at radius 2 is 2.17 bits per heavy atom. The van der Waals surface area contributed by atoms with Crippen molar-refractivity contribution in [1.82, 2.24) is 5.32 Å². The molecule has 2 rings (SSSR count). The fourth-order valence-corrected chi connectivity index (χ4v) is 2.81. The summed E-state index contributed by atoms with van der Waals surface area (Å²) in [6.07, 6.45) is 0.861. The van der Waals surface area contributed by atoms with Gasteiger partial charge in [-0.3, -0.25) is 4.79 Å². The summed E-state index contributed by atoms with van der Waals surface area (Å²) in [5, 5.41) is 3.28. The summed E-state index contributed by atoms with van der Waals surface area (Å²) in [6.45, 7) is 7.57. The lowest BCUT2D eigenvalue weighted by Crippen LogP contribution is -2.38. The summed E-state index contributed by atoms with van der Waals surface area (Å²) in [6, 6.07) is 4.43. The van der Waals surface area contributed by atoms with Crippen LogP contribution in [0.1, 0.15) is 36.2 Å². The molecule has 1 aromatic rings. The maximum absolute atomic E-state index is 13.1. The molecule has 0 aliphatic carbocycles. The zero-order chi connectivity index (χ0) is 13.3. The zero-order valence-electron chi connectivity index (χ0n) is 11.2. The average Bonchev–Trinajstić information content (AvgIpc) is 2.78. The highest BCUT2D eigenvalue weighted by atomic mass is 19.1. The molecule has 1 N–H and O–H groups in total. The molecule has 0 aromatic heterocycles. The second-order valence-corrected chi connectivity index (χ2v) is 5.53. The number of benzene rings is 1. The van der Waals surface area contributed by atoms with Crippen molar-refractivity contribution in [1.29, 1.82) is 0 Å². The van der Waals surface area contributed by atoms with Gasteiger partial charge in [0.15, 0.2) is 5.78 Å². The van der Waals surface area contributed by atoms with E-state index in [2.05, 4.69) is 19.2 Å². The van der Waals surface area contributed by atoms with Crippen molar-refractivity contribution in [3.63, 3.8) is 0 Å². The number of aryl methyl sites for hydroxylation is 1. The third-order valence-corrected chi connectivity index (χ3v) is 4.18. The van der Waals surface area contributed by atoms with E-state index in [1.165, 1.54) is 12.1 Å². The molecule has 3 heteroatoms. The van der Waals surface area contributed by atoms with Crippen LogP contribution in [-0.2, 0) is 0 Å². The summed E-state index contributed by atoms with van der Waals surface area (Å²) in [5.41, 5.74) is 1.06. The van der Waals surface area contributed by atoms with E-state index in [0.717, 1.165) is 25.1 Å². The van der Waals surface area contributed by atoms with Gasteiger partial charge in [0, 0.05) is 17.5 Å². The van der Waals surface area contributed by atoms with Gasteiger partial charge in [-0.15, -0.1) is 0 Å². The van der Waals surface area contributed by atoms with Crippen LogP contribution in [0.2, 0.25) is 0 Å². The second-order valence-electron chi connectivity index (χ2n) is 5.53. The minimum atomic E-state index is -0.331. The third kappa shape index (κ3) is 2.07. The Labute approximate surface area is 108 Å². The van der Waals surface area contributed by atoms with Gasteiger partial charge in [0.25, 0.3) is 0 Å². The molecule has 1 heterocycles. The molecule has 1 fully saturated rings. The van der Waals surface area contributed by atoms with E-state index in [1.54, 1.807) is 13.0 Å². The molecular formula is C15H20FNO. The Bertz CT molecular complexity index is 462. The molecule has 1 saturated heterocycles. The van der Waals surface area contributed by atoms with Crippen LogP contribution in [0.25, 0.3) is 0 Å². The molecule has 1 aliphatic heterocycles. The number of ketones is 1. The average molecular weight is 249 g/mol. The largest absolute Gasteiger partial charge is 0.316 e. The fourth-order valence-electron chi connectivity index (χ4n) is 2.81. The van der Waals surface area contributed by atoms with Crippen molar-refractivity contribution < 1.29 is 9.18 Å². The highest BCUT2D eigenvalue weighted by Crippen LogP contribution is 2.38. The van der Waals surface area contributed by atoms with Gasteiger partial charge < -0.3 is 5.32 Å².